The number of methoxy groups -OCH3 is 1. The average Bonchev–Trinajstić information content (AvgIpc) is 2.65. The number of urea groups is 1. The van der Waals surface area contributed by atoms with Crippen LogP contribution in [0.5, 0.6) is 0 Å². The minimum Gasteiger partial charge on any atom is -0.382 e. The summed E-state index contributed by atoms with van der Waals surface area (Å²) in [5.74, 6) is -0.974. The number of benzene rings is 1. The zero-order chi connectivity index (χ0) is 16.3. The van der Waals surface area contributed by atoms with E-state index in [0.29, 0.717) is 10.7 Å². The van der Waals surface area contributed by atoms with Crippen molar-refractivity contribution < 1.29 is 19.1 Å². The molecule has 4 amide bonds. The van der Waals surface area contributed by atoms with Gasteiger partial charge in [0.2, 0.25) is 5.91 Å². The summed E-state index contributed by atoms with van der Waals surface area (Å²) in [4.78, 5) is 36.9. The number of amides is 4. The number of rotatable bonds is 5. The predicted molar refractivity (Wildman–Crippen MR) is 80.6 cm³/mol. The van der Waals surface area contributed by atoms with Gasteiger partial charge < -0.3 is 15.4 Å². The standard InChI is InChI=1S/C14H16ClN3O4/c1-14(8-22-2)12(20)18(13(21)17-14)7-11(19)16-10-5-3-9(15)4-6-10/h3-6H,7-8H2,1-2H3,(H,16,19)(H,17,21)/t14-/m0/s1. The van der Waals surface area contributed by atoms with E-state index in [0.717, 1.165) is 4.90 Å². The Bertz CT molecular complexity index is 605. The van der Waals surface area contributed by atoms with Crippen LogP contribution in [0.3, 0.4) is 0 Å². The normalized spacial score (nSPS) is 21.0. The molecule has 0 unspecified atom stereocenters. The lowest BCUT2D eigenvalue weighted by Gasteiger charge is -2.20. The number of nitrogens with zero attached hydrogens (tertiary/aromatic N) is 1. The van der Waals surface area contributed by atoms with Crippen molar-refractivity contribution in [3.8, 4) is 0 Å². The molecule has 8 heteroatoms. The molecule has 0 bridgehead atoms. The first-order valence-electron chi connectivity index (χ1n) is 6.54. The van der Waals surface area contributed by atoms with Crippen molar-refractivity contribution in [2.24, 2.45) is 0 Å². The smallest absolute Gasteiger partial charge is 0.325 e. The Morgan fingerprint density at radius 2 is 2.00 bits per heavy atom. The number of ether oxygens (including phenoxy) is 1. The molecule has 1 fully saturated rings. The molecule has 22 heavy (non-hydrogen) atoms. The van der Waals surface area contributed by atoms with Crippen LogP contribution in [0.25, 0.3) is 0 Å². The quantitative estimate of drug-likeness (QED) is 0.797. The van der Waals surface area contributed by atoms with Crippen LogP contribution < -0.4 is 10.6 Å². The van der Waals surface area contributed by atoms with E-state index in [1.54, 1.807) is 31.2 Å². The van der Waals surface area contributed by atoms with E-state index in [1.165, 1.54) is 7.11 Å². The van der Waals surface area contributed by atoms with Gasteiger partial charge >= 0.3 is 6.03 Å². The third kappa shape index (κ3) is 3.37. The first-order chi connectivity index (χ1) is 10.4. The Labute approximate surface area is 132 Å². The van der Waals surface area contributed by atoms with Crippen molar-refractivity contribution in [3.05, 3.63) is 29.3 Å². The summed E-state index contributed by atoms with van der Waals surface area (Å²) in [6.07, 6.45) is 0. The first-order valence-corrected chi connectivity index (χ1v) is 6.92. The van der Waals surface area contributed by atoms with Gasteiger partial charge in [0.25, 0.3) is 5.91 Å². The number of hydrogen-bond acceptors (Lipinski definition) is 4. The first kappa shape index (κ1) is 16.3. The highest BCUT2D eigenvalue weighted by Crippen LogP contribution is 2.18. The van der Waals surface area contributed by atoms with Crippen LogP contribution >= 0.6 is 11.6 Å². The van der Waals surface area contributed by atoms with E-state index in [-0.39, 0.29) is 13.2 Å². The predicted octanol–water partition coefficient (Wildman–Crippen LogP) is 1.24. The van der Waals surface area contributed by atoms with Crippen LogP contribution in [0.15, 0.2) is 24.3 Å². The monoisotopic (exact) mass is 325 g/mol. The number of hydrogen-bond donors (Lipinski definition) is 2. The van der Waals surface area contributed by atoms with Crippen molar-refractivity contribution in [2.45, 2.75) is 12.5 Å². The summed E-state index contributed by atoms with van der Waals surface area (Å²) >= 11 is 5.75. The van der Waals surface area contributed by atoms with Crippen LogP contribution in [0.1, 0.15) is 6.92 Å². The molecule has 7 nitrogen and oxygen atoms in total. The molecule has 1 saturated heterocycles. The zero-order valence-electron chi connectivity index (χ0n) is 12.2. The third-order valence-electron chi connectivity index (χ3n) is 3.21. The average molecular weight is 326 g/mol. The summed E-state index contributed by atoms with van der Waals surface area (Å²) in [5.41, 5.74) is -0.618. The fourth-order valence-corrected chi connectivity index (χ4v) is 2.28. The van der Waals surface area contributed by atoms with Crippen LogP contribution in [0, 0.1) is 0 Å². The van der Waals surface area contributed by atoms with Crippen LogP contribution in [0.4, 0.5) is 10.5 Å². The van der Waals surface area contributed by atoms with Crippen molar-refractivity contribution in [1.82, 2.24) is 10.2 Å². The second kappa shape index (κ2) is 6.33. The van der Waals surface area contributed by atoms with Gasteiger partial charge in [-0.05, 0) is 31.2 Å². The van der Waals surface area contributed by atoms with Crippen molar-refractivity contribution in [1.29, 1.82) is 0 Å². The molecule has 1 aromatic carbocycles. The molecule has 0 spiro atoms. The summed E-state index contributed by atoms with van der Waals surface area (Å²) in [7, 11) is 1.43. The molecule has 1 atom stereocenters. The van der Waals surface area contributed by atoms with Gasteiger partial charge in [0.1, 0.15) is 12.1 Å². The minimum absolute atomic E-state index is 0.0346. The molecular weight excluding hydrogens is 310 g/mol. The Kier molecular flexibility index (Phi) is 4.68. The lowest BCUT2D eigenvalue weighted by molar-refractivity contribution is -0.134. The van der Waals surface area contributed by atoms with Gasteiger partial charge in [-0.15, -0.1) is 0 Å². The highest BCUT2D eigenvalue weighted by molar-refractivity contribution is 6.30. The van der Waals surface area contributed by atoms with Crippen LogP contribution in [0.2, 0.25) is 5.02 Å². The molecule has 0 aliphatic carbocycles. The zero-order valence-corrected chi connectivity index (χ0v) is 12.9. The Balaban J connectivity index is 2.01. The molecule has 118 valence electrons. The number of nitrogens with one attached hydrogen (secondary N) is 2. The molecule has 0 aromatic heterocycles. The molecular formula is C14H16ClN3O4. The summed E-state index contributed by atoms with van der Waals surface area (Å²) < 4.78 is 4.93. The second-order valence-corrected chi connectivity index (χ2v) is 5.58. The molecule has 2 N–H and O–H groups in total. The number of carbonyl (C=O) groups excluding carboxylic acids is 3. The van der Waals surface area contributed by atoms with E-state index in [9.17, 15) is 14.4 Å². The van der Waals surface area contributed by atoms with Gasteiger partial charge in [-0.2, -0.15) is 0 Å². The number of carbonyl (C=O) groups is 3. The largest absolute Gasteiger partial charge is 0.382 e. The SMILES string of the molecule is COC[C@]1(C)NC(=O)N(CC(=O)Nc2ccc(Cl)cc2)C1=O. The van der Waals surface area contributed by atoms with Crippen molar-refractivity contribution in [2.75, 3.05) is 25.6 Å². The van der Waals surface area contributed by atoms with Crippen LogP contribution in [-0.4, -0.2) is 48.5 Å². The van der Waals surface area contributed by atoms with Gasteiger partial charge in [-0.3, -0.25) is 14.5 Å². The maximum Gasteiger partial charge on any atom is 0.325 e. The third-order valence-corrected chi connectivity index (χ3v) is 3.46. The van der Waals surface area contributed by atoms with Gasteiger partial charge in [0, 0.05) is 17.8 Å². The number of imide groups is 1. The van der Waals surface area contributed by atoms with Gasteiger partial charge in [-0.1, -0.05) is 11.6 Å². The summed E-state index contributed by atoms with van der Waals surface area (Å²) in [6, 6.07) is 5.89. The molecule has 1 aliphatic heterocycles. The van der Waals surface area contributed by atoms with E-state index in [4.69, 9.17) is 16.3 Å². The minimum atomic E-state index is -1.15. The van der Waals surface area contributed by atoms with E-state index >= 15 is 0 Å². The number of halogens is 1. The topological polar surface area (TPSA) is 87.7 Å². The Morgan fingerprint density at radius 3 is 2.59 bits per heavy atom. The highest BCUT2D eigenvalue weighted by atomic mass is 35.5. The lowest BCUT2D eigenvalue weighted by atomic mass is 10.0. The van der Waals surface area contributed by atoms with Gasteiger partial charge in [0.05, 0.1) is 6.61 Å². The van der Waals surface area contributed by atoms with E-state index in [2.05, 4.69) is 10.6 Å². The van der Waals surface area contributed by atoms with Gasteiger partial charge in [0.15, 0.2) is 0 Å². The second-order valence-electron chi connectivity index (χ2n) is 5.14. The fraction of sp³-hybridized carbons (Fsp3) is 0.357. The molecule has 1 aromatic rings. The summed E-state index contributed by atoms with van der Waals surface area (Å²) in [6.45, 7) is 1.22. The molecule has 0 radical (unpaired) electrons. The van der Waals surface area contributed by atoms with E-state index in [1.807, 2.05) is 0 Å². The van der Waals surface area contributed by atoms with E-state index < -0.39 is 23.4 Å². The lowest BCUT2D eigenvalue weighted by Crippen LogP contribution is -2.48. The molecule has 1 aliphatic rings. The maximum atomic E-state index is 12.2. The molecule has 2 rings (SSSR count). The maximum absolute atomic E-state index is 12.2. The fourth-order valence-electron chi connectivity index (χ4n) is 2.15. The highest BCUT2D eigenvalue weighted by Gasteiger charge is 2.48. The molecule has 1 heterocycles. The summed E-state index contributed by atoms with van der Waals surface area (Å²) in [5, 5.41) is 5.66. The Hall–Kier alpha value is -2.12. The molecule has 0 saturated carbocycles. The Morgan fingerprint density at radius 1 is 1.36 bits per heavy atom. The van der Waals surface area contributed by atoms with Crippen molar-refractivity contribution >= 4 is 35.1 Å². The van der Waals surface area contributed by atoms with Gasteiger partial charge in [-0.25, -0.2) is 4.79 Å². The van der Waals surface area contributed by atoms with Crippen LogP contribution in [-0.2, 0) is 14.3 Å². The number of anilines is 1. The van der Waals surface area contributed by atoms with Crippen molar-refractivity contribution in [3.63, 3.8) is 0 Å².